The molecular formula is C7H10O2. The fourth-order valence-corrected chi connectivity index (χ4v) is 0.526. The molecular weight excluding hydrogens is 116 g/mol. The Labute approximate surface area is 54.5 Å². The molecule has 0 atom stereocenters. The van der Waals surface area contributed by atoms with Crippen LogP contribution in [0.4, 0.5) is 0 Å². The second kappa shape index (κ2) is 2.67. The Bertz CT molecular complexity index is 134. The summed E-state index contributed by atoms with van der Waals surface area (Å²) in [6, 6.07) is 0. The minimum Gasteiger partial charge on any atom is -0.459 e. The molecule has 0 aromatic carbocycles. The summed E-state index contributed by atoms with van der Waals surface area (Å²) in [6.45, 7) is 1.80. The van der Waals surface area contributed by atoms with E-state index < -0.39 is 0 Å². The maximum atomic E-state index is 10.6. The summed E-state index contributed by atoms with van der Waals surface area (Å²) in [5.41, 5.74) is 0. The predicted octanol–water partition coefficient (Wildman–Crippen LogP) is 1.27. The third-order valence-corrected chi connectivity index (χ3v) is 1.11. The maximum Gasteiger partial charge on any atom is 0.330 e. The maximum absolute atomic E-state index is 10.6. The lowest BCUT2D eigenvalue weighted by Crippen LogP contribution is -2.01. The first-order valence-electron chi connectivity index (χ1n) is 3.16. The van der Waals surface area contributed by atoms with Crippen LogP contribution in [0.25, 0.3) is 0 Å². The van der Waals surface area contributed by atoms with Crippen LogP contribution in [-0.4, -0.2) is 12.1 Å². The molecule has 0 aromatic heterocycles. The molecule has 50 valence electrons. The van der Waals surface area contributed by atoms with E-state index in [0.29, 0.717) is 0 Å². The van der Waals surface area contributed by atoms with Crippen molar-refractivity contribution in [3.8, 4) is 0 Å². The van der Waals surface area contributed by atoms with Crippen LogP contribution in [0.3, 0.4) is 0 Å². The van der Waals surface area contributed by atoms with Gasteiger partial charge in [0.05, 0.1) is 0 Å². The Morgan fingerprint density at radius 3 is 2.78 bits per heavy atom. The minimum absolute atomic E-state index is 0.208. The Balaban J connectivity index is 2.17. The molecule has 0 heterocycles. The van der Waals surface area contributed by atoms with Gasteiger partial charge in [0.15, 0.2) is 0 Å². The molecule has 1 aliphatic rings. The van der Waals surface area contributed by atoms with E-state index in [-0.39, 0.29) is 12.1 Å². The summed E-state index contributed by atoms with van der Waals surface area (Å²) in [6.07, 6.45) is 5.45. The van der Waals surface area contributed by atoms with Gasteiger partial charge in [0.2, 0.25) is 0 Å². The van der Waals surface area contributed by atoms with E-state index in [1.807, 2.05) is 0 Å². The quantitative estimate of drug-likeness (QED) is 0.411. The van der Waals surface area contributed by atoms with Gasteiger partial charge >= 0.3 is 5.97 Å². The topological polar surface area (TPSA) is 26.3 Å². The molecule has 1 aliphatic carbocycles. The Morgan fingerprint density at radius 1 is 1.67 bits per heavy atom. The number of carbonyl (C=O) groups is 1. The SMILES string of the molecule is CC=CC(=O)OC1CC1. The van der Waals surface area contributed by atoms with Gasteiger partial charge in [-0.05, 0) is 19.8 Å². The fraction of sp³-hybridized carbons (Fsp3) is 0.571. The lowest BCUT2D eigenvalue weighted by atomic mass is 10.5. The Morgan fingerprint density at radius 2 is 2.33 bits per heavy atom. The molecule has 1 fully saturated rings. The van der Waals surface area contributed by atoms with Crippen LogP contribution in [0.15, 0.2) is 12.2 Å². The summed E-state index contributed by atoms with van der Waals surface area (Å²) < 4.78 is 4.88. The first-order valence-corrected chi connectivity index (χ1v) is 3.16. The largest absolute Gasteiger partial charge is 0.459 e. The molecule has 0 N–H and O–H groups in total. The molecule has 0 radical (unpaired) electrons. The number of allylic oxidation sites excluding steroid dienone is 1. The average molecular weight is 126 g/mol. The van der Waals surface area contributed by atoms with Crippen molar-refractivity contribution in [1.82, 2.24) is 0 Å². The van der Waals surface area contributed by atoms with Crippen molar-refractivity contribution in [2.45, 2.75) is 25.9 Å². The Kier molecular flexibility index (Phi) is 1.88. The normalized spacial score (nSPS) is 18.3. The van der Waals surface area contributed by atoms with E-state index in [2.05, 4.69) is 0 Å². The zero-order chi connectivity index (χ0) is 6.69. The van der Waals surface area contributed by atoms with E-state index in [0.717, 1.165) is 12.8 Å². The van der Waals surface area contributed by atoms with Gasteiger partial charge in [-0.25, -0.2) is 4.79 Å². The molecule has 9 heavy (non-hydrogen) atoms. The molecule has 0 amide bonds. The molecule has 2 heteroatoms. The first-order chi connectivity index (χ1) is 4.33. The number of carbonyl (C=O) groups excluding carboxylic acids is 1. The van der Waals surface area contributed by atoms with Crippen LogP contribution in [0, 0.1) is 0 Å². The second-order valence-electron chi connectivity index (χ2n) is 2.14. The summed E-state index contributed by atoms with van der Waals surface area (Å²) in [4.78, 5) is 10.6. The number of rotatable bonds is 2. The standard InChI is InChI=1S/C7H10O2/c1-2-3-7(8)9-6-4-5-6/h2-3,6H,4-5H2,1H3. The van der Waals surface area contributed by atoms with Crippen LogP contribution >= 0.6 is 0 Å². The van der Waals surface area contributed by atoms with Gasteiger partial charge in [-0.3, -0.25) is 0 Å². The highest BCUT2D eigenvalue weighted by Gasteiger charge is 2.24. The molecule has 0 aromatic rings. The van der Waals surface area contributed by atoms with Crippen LogP contribution in [0.2, 0.25) is 0 Å². The lowest BCUT2D eigenvalue weighted by Gasteiger charge is -1.94. The van der Waals surface area contributed by atoms with Crippen molar-refractivity contribution in [2.24, 2.45) is 0 Å². The van der Waals surface area contributed by atoms with Crippen molar-refractivity contribution >= 4 is 5.97 Å². The van der Waals surface area contributed by atoms with Crippen molar-refractivity contribution in [2.75, 3.05) is 0 Å². The molecule has 0 bridgehead atoms. The van der Waals surface area contributed by atoms with E-state index in [1.165, 1.54) is 6.08 Å². The van der Waals surface area contributed by atoms with Crippen molar-refractivity contribution < 1.29 is 9.53 Å². The predicted molar refractivity (Wildman–Crippen MR) is 33.9 cm³/mol. The number of hydrogen-bond donors (Lipinski definition) is 0. The van der Waals surface area contributed by atoms with Crippen LogP contribution in [-0.2, 0) is 9.53 Å². The van der Waals surface area contributed by atoms with Crippen molar-refractivity contribution in [3.63, 3.8) is 0 Å². The highest BCUT2D eigenvalue weighted by Crippen LogP contribution is 2.23. The van der Waals surface area contributed by atoms with E-state index >= 15 is 0 Å². The smallest absolute Gasteiger partial charge is 0.330 e. The van der Waals surface area contributed by atoms with E-state index in [4.69, 9.17) is 4.74 Å². The zero-order valence-electron chi connectivity index (χ0n) is 5.46. The number of esters is 1. The highest BCUT2D eigenvalue weighted by atomic mass is 16.5. The second-order valence-corrected chi connectivity index (χ2v) is 2.14. The van der Waals surface area contributed by atoms with E-state index in [9.17, 15) is 4.79 Å². The summed E-state index contributed by atoms with van der Waals surface area (Å²) in [5, 5.41) is 0. The summed E-state index contributed by atoms with van der Waals surface area (Å²) in [5.74, 6) is -0.208. The molecule has 1 rings (SSSR count). The summed E-state index contributed by atoms with van der Waals surface area (Å²) in [7, 11) is 0. The van der Waals surface area contributed by atoms with Gasteiger partial charge in [0.25, 0.3) is 0 Å². The van der Waals surface area contributed by atoms with Gasteiger partial charge in [0, 0.05) is 6.08 Å². The highest BCUT2D eigenvalue weighted by molar-refractivity contribution is 5.82. The summed E-state index contributed by atoms with van der Waals surface area (Å²) >= 11 is 0. The third-order valence-electron chi connectivity index (χ3n) is 1.11. The number of hydrogen-bond acceptors (Lipinski definition) is 2. The van der Waals surface area contributed by atoms with Gasteiger partial charge < -0.3 is 4.74 Å². The van der Waals surface area contributed by atoms with Gasteiger partial charge in [-0.2, -0.15) is 0 Å². The fourth-order valence-electron chi connectivity index (χ4n) is 0.526. The average Bonchev–Trinajstić information content (AvgIpc) is 2.50. The number of ether oxygens (including phenoxy) is 1. The van der Waals surface area contributed by atoms with Gasteiger partial charge in [0.1, 0.15) is 6.10 Å². The van der Waals surface area contributed by atoms with Gasteiger partial charge in [-0.15, -0.1) is 0 Å². The minimum atomic E-state index is -0.208. The van der Waals surface area contributed by atoms with Crippen molar-refractivity contribution in [3.05, 3.63) is 12.2 Å². The first kappa shape index (κ1) is 6.33. The molecule has 0 aliphatic heterocycles. The third kappa shape index (κ3) is 2.31. The molecule has 0 unspecified atom stereocenters. The van der Waals surface area contributed by atoms with Gasteiger partial charge in [-0.1, -0.05) is 6.08 Å². The van der Waals surface area contributed by atoms with E-state index in [1.54, 1.807) is 13.0 Å². The monoisotopic (exact) mass is 126 g/mol. The molecule has 1 saturated carbocycles. The molecule has 0 spiro atoms. The van der Waals surface area contributed by atoms with Crippen molar-refractivity contribution in [1.29, 1.82) is 0 Å². The zero-order valence-corrected chi connectivity index (χ0v) is 5.46. The molecule has 2 nitrogen and oxygen atoms in total. The van der Waals surface area contributed by atoms with Crippen LogP contribution < -0.4 is 0 Å². The lowest BCUT2D eigenvalue weighted by molar-refractivity contribution is -0.138. The Hall–Kier alpha value is -0.790. The van der Waals surface area contributed by atoms with Crippen LogP contribution in [0.5, 0.6) is 0 Å². The molecule has 0 saturated heterocycles. The van der Waals surface area contributed by atoms with Crippen LogP contribution in [0.1, 0.15) is 19.8 Å².